The lowest BCUT2D eigenvalue weighted by Gasteiger charge is -2.07. The van der Waals surface area contributed by atoms with Crippen molar-refractivity contribution in [2.75, 3.05) is 0 Å². The Labute approximate surface area is 178 Å². The van der Waals surface area contributed by atoms with Crippen molar-refractivity contribution < 1.29 is 4.42 Å². The molecule has 0 unspecified atom stereocenters. The zero-order valence-electron chi connectivity index (χ0n) is 15.3. The third-order valence-corrected chi connectivity index (χ3v) is 6.09. The van der Waals surface area contributed by atoms with Crippen LogP contribution < -0.4 is 5.56 Å². The van der Waals surface area contributed by atoms with Gasteiger partial charge >= 0.3 is 0 Å². The zero-order valence-corrected chi connectivity index (χ0v) is 17.7. The van der Waals surface area contributed by atoms with Crippen LogP contribution in [0.5, 0.6) is 0 Å². The maximum Gasteiger partial charge on any atom is 0.282 e. The minimum Gasteiger partial charge on any atom is -0.453 e. The molecular formula is C22H14BrN3O2S. The van der Waals surface area contributed by atoms with Crippen molar-refractivity contribution >= 4 is 55.4 Å². The van der Waals surface area contributed by atoms with Gasteiger partial charge in [0.15, 0.2) is 5.76 Å². The average Bonchev–Trinajstić information content (AvgIpc) is 3.32. The number of hydrogen-bond acceptors (Lipinski definition) is 5. The summed E-state index contributed by atoms with van der Waals surface area (Å²) >= 11 is 5.05. The number of aromatic nitrogens is 2. The molecular weight excluding hydrogens is 450 g/mol. The number of thiophene rings is 1. The Balaban J connectivity index is 1.77. The van der Waals surface area contributed by atoms with Crippen molar-refractivity contribution in [3.05, 3.63) is 85.2 Å². The van der Waals surface area contributed by atoms with Crippen molar-refractivity contribution in [3.63, 3.8) is 0 Å². The quantitative estimate of drug-likeness (QED) is 0.316. The minimum absolute atomic E-state index is 0.238. The largest absolute Gasteiger partial charge is 0.453 e. The zero-order chi connectivity index (χ0) is 20.0. The van der Waals surface area contributed by atoms with Crippen molar-refractivity contribution in [2.24, 2.45) is 5.10 Å². The first-order valence-electron chi connectivity index (χ1n) is 8.90. The smallest absolute Gasteiger partial charge is 0.282 e. The van der Waals surface area contributed by atoms with E-state index < -0.39 is 0 Å². The van der Waals surface area contributed by atoms with Crippen LogP contribution in [-0.4, -0.2) is 15.9 Å². The van der Waals surface area contributed by atoms with Gasteiger partial charge in [-0.1, -0.05) is 28.1 Å². The Morgan fingerprint density at radius 1 is 1.17 bits per heavy atom. The molecule has 5 nitrogen and oxygen atoms in total. The van der Waals surface area contributed by atoms with Crippen LogP contribution in [0.1, 0.15) is 10.4 Å². The van der Waals surface area contributed by atoms with Crippen LogP contribution >= 0.6 is 27.3 Å². The molecule has 0 N–H and O–H groups in total. The van der Waals surface area contributed by atoms with Crippen LogP contribution in [0.15, 0.2) is 78.8 Å². The monoisotopic (exact) mass is 463 g/mol. The lowest BCUT2D eigenvalue weighted by molar-refractivity contribution is 0.616. The molecule has 0 aliphatic carbocycles. The third-order valence-electron chi connectivity index (χ3n) is 4.64. The van der Waals surface area contributed by atoms with Gasteiger partial charge < -0.3 is 4.42 Å². The van der Waals surface area contributed by atoms with E-state index in [0.29, 0.717) is 22.5 Å². The number of furan rings is 1. The predicted octanol–water partition coefficient (Wildman–Crippen LogP) is 5.82. The van der Waals surface area contributed by atoms with Crippen LogP contribution in [-0.2, 0) is 0 Å². The summed E-state index contributed by atoms with van der Waals surface area (Å²) in [6.45, 7) is 2.01. The second-order valence-electron chi connectivity index (χ2n) is 6.57. The summed E-state index contributed by atoms with van der Waals surface area (Å²) in [5.74, 6) is 0.854. The van der Waals surface area contributed by atoms with E-state index in [1.807, 2.05) is 60.8 Å². The second-order valence-corrected chi connectivity index (χ2v) is 8.44. The summed E-state index contributed by atoms with van der Waals surface area (Å²) < 4.78 is 8.27. The predicted molar refractivity (Wildman–Crippen MR) is 121 cm³/mol. The molecule has 0 aliphatic heterocycles. The Kier molecular flexibility index (Phi) is 4.41. The van der Waals surface area contributed by atoms with Gasteiger partial charge in [0, 0.05) is 9.86 Å². The summed E-state index contributed by atoms with van der Waals surface area (Å²) in [5.41, 5.74) is 2.19. The number of halogens is 1. The summed E-state index contributed by atoms with van der Waals surface area (Å²) in [5, 5.41) is 7.90. The van der Waals surface area contributed by atoms with Crippen LogP contribution in [0.3, 0.4) is 0 Å². The molecule has 3 aromatic heterocycles. The molecule has 0 radical (unpaired) electrons. The molecule has 0 amide bonds. The van der Waals surface area contributed by atoms with Gasteiger partial charge in [-0.2, -0.15) is 9.78 Å². The highest BCUT2D eigenvalue weighted by Gasteiger charge is 2.16. The van der Waals surface area contributed by atoms with Crippen LogP contribution in [0, 0.1) is 6.92 Å². The number of nitrogens with zero attached hydrogens (tertiary/aromatic N) is 3. The third kappa shape index (κ3) is 3.22. The highest BCUT2D eigenvalue weighted by Crippen LogP contribution is 2.29. The van der Waals surface area contributed by atoms with E-state index in [4.69, 9.17) is 9.40 Å². The molecule has 0 bridgehead atoms. The SMILES string of the molecule is Cc1ccsc1C=Nn1c(-c2cc3cc(Br)ccc3o2)nc2ccccc2c1=O. The fourth-order valence-corrected chi connectivity index (χ4v) is 4.30. The van der Waals surface area contributed by atoms with Crippen LogP contribution in [0.2, 0.25) is 0 Å². The Hall–Kier alpha value is -3.03. The Bertz CT molecular complexity index is 1460. The van der Waals surface area contributed by atoms with E-state index in [1.54, 1.807) is 23.6 Å². The maximum absolute atomic E-state index is 13.2. The summed E-state index contributed by atoms with van der Waals surface area (Å²) in [7, 11) is 0. The van der Waals surface area contributed by atoms with Crippen molar-refractivity contribution in [3.8, 4) is 11.6 Å². The van der Waals surface area contributed by atoms with Gasteiger partial charge in [-0.25, -0.2) is 4.98 Å². The van der Waals surface area contributed by atoms with Gasteiger partial charge in [-0.15, -0.1) is 11.3 Å². The van der Waals surface area contributed by atoms with Gasteiger partial charge in [0.25, 0.3) is 5.56 Å². The topological polar surface area (TPSA) is 60.4 Å². The molecule has 142 valence electrons. The second kappa shape index (κ2) is 7.09. The fraction of sp³-hybridized carbons (Fsp3) is 0.0455. The lowest BCUT2D eigenvalue weighted by atomic mass is 10.2. The van der Waals surface area contributed by atoms with E-state index in [2.05, 4.69) is 21.0 Å². The Morgan fingerprint density at radius 3 is 2.86 bits per heavy atom. The molecule has 0 saturated heterocycles. The fourth-order valence-electron chi connectivity index (χ4n) is 3.14. The van der Waals surface area contributed by atoms with E-state index >= 15 is 0 Å². The molecule has 29 heavy (non-hydrogen) atoms. The first kappa shape index (κ1) is 18.0. The molecule has 0 saturated carbocycles. The van der Waals surface area contributed by atoms with Gasteiger partial charge in [0.05, 0.1) is 22.0 Å². The first-order valence-corrected chi connectivity index (χ1v) is 10.6. The average molecular weight is 464 g/mol. The Morgan fingerprint density at radius 2 is 2.03 bits per heavy atom. The summed E-state index contributed by atoms with van der Waals surface area (Å²) in [6, 6.07) is 16.9. The number of aryl methyl sites for hydroxylation is 1. The number of benzene rings is 2. The van der Waals surface area contributed by atoms with E-state index in [1.165, 1.54) is 4.68 Å². The number of para-hydroxylation sites is 1. The number of rotatable bonds is 3. The van der Waals surface area contributed by atoms with Crippen LogP contribution in [0.25, 0.3) is 33.5 Å². The molecule has 0 fully saturated rings. The van der Waals surface area contributed by atoms with Crippen molar-refractivity contribution in [2.45, 2.75) is 6.92 Å². The minimum atomic E-state index is -0.238. The molecule has 3 heterocycles. The van der Waals surface area contributed by atoms with Gasteiger partial charge in [-0.05, 0) is 60.3 Å². The van der Waals surface area contributed by atoms with Crippen molar-refractivity contribution in [1.29, 1.82) is 0 Å². The summed E-state index contributed by atoms with van der Waals surface area (Å²) in [4.78, 5) is 18.9. The number of fused-ring (bicyclic) bond motifs is 2. The van der Waals surface area contributed by atoms with Gasteiger partial charge in [0.2, 0.25) is 5.82 Å². The maximum atomic E-state index is 13.2. The summed E-state index contributed by atoms with van der Waals surface area (Å²) in [6.07, 6.45) is 1.70. The van der Waals surface area contributed by atoms with E-state index in [-0.39, 0.29) is 5.56 Å². The van der Waals surface area contributed by atoms with E-state index in [9.17, 15) is 4.79 Å². The molecule has 2 aromatic carbocycles. The first-order chi connectivity index (χ1) is 14.1. The molecule has 0 atom stereocenters. The van der Waals surface area contributed by atoms with Gasteiger partial charge in [-0.3, -0.25) is 4.79 Å². The molecule has 7 heteroatoms. The standard InChI is InChI=1S/C22H14BrN3O2S/c1-13-8-9-29-20(13)12-24-26-21(25-17-5-3-2-4-16(17)22(26)27)19-11-14-10-15(23)6-7-18(14)28-19/h2-12H,1H3. The van der Waals surface area contributed by atoms with Crippen molar-refractivity contribution in [1.82, 2.24) is 9.66 Å². The van der Waals surface area contributed by atoms with Crippen LogP contribution in [0.4, 0.5) is 0 Å². The highest BCUT2D eigenvalue weighted by molar-refractivity contribution is 9.10. The molecule has 5 aromatic rings. The molecule has 5 rings (SSSR count). The number of hydrogen-bond donors (Lipinski definition) is 0. The van der Waals surface area contributed by atoms with E-state index in [0.717, 1.165) is 25.9 Å². The van der Waals surface area contributed by atoms with Gasteiger partial charge in [0.1, 0.15) is 5.58 Å². The highest BCUT2D eigenvalue weighted by atomic mass is 79.9. The molecule has 0 spiro atoms. The molecule has 0 aliphatic rings. The lowest BCUT2D eigenvalue weighted by Crippen LogP contribution is -2.20. The normalized spacial score (nSPS) is 11.8.